The molecule has 0 radical (unpaired) electrons. The number of anilines is 1. The first-order valence-corrected chi connectivity index (χ1v) is 10.4. The number of amides is 2. The number of nitrogens with zero attached hydrogens (tertiary/aromatic N) is 2. The number of para-hydroxylation sites is 1. The van der Waals surface area contributed by atoms with Crippen molar-refractivity contribution in [2.24, 2.45) is 0 Å². The molecule has 1 heterocycles. The minimum atomic E-state index is -0.718. The normalized spacial score (nSPS) is 21.2. The van der Waals surface area contributed by atoms with E-state index < -0.39 is 5.60 Å². The van der Waals surface area contributed by atoms with Gasteiger partial charge in [-0.1, -0.05) is 55.5 Å². The van der Waals surface area contributed by atoms with Crippen LogP contribution in [0.4, 0.5) is 10.5 Å². The first-order chi connectivity index (χ1) is 14.5. The van der Waals surface area contributed by atoms with Crippen molar-refractivity contribution >= 4 is 17.7 Å². The summed E-state index contributed by atoms with van der Waals surface area (Å²) in [4.78, 5) is 29.0. The van der Waals surface area contributed by atoms with Gasteiger partial charge in [0.2, 0.25) is 5.91 Å². The molecule has 160 valence electrons. The smallest absolute Gasteiger partial charge is 0.410 e. The Morgan fingerprint density at radius 3 is 2.33 bits per heavy atom. The van der Waals surface area contributed by atoms with Crippen molar-refractivity contribution in [1.82, 2.24) is 4.90 Å². The fourth-order valence-corrected chi connectivity index (χ4v) is 3.97. The van der Waals surface area contributed by atoms with Gasteiger partial charge >= 0.3 is 6.09 Å². The van der Waals surface area contributed by atoms with Crippen LogP contribution in [0.25, 0.3) is 0 Å². The molecule has 0 spiro atoms. The van der Waals surface area contributed by atoms with E-state index in [9.17, 15) is 9.59 Å². The second-order valence-electron chi connectivity index (χ2n) is 7.74. The third-order valence-corrected chi connectivity index (χ3v) is 5.73. The Balaban J connectivity index is 1.74. The van der Waals surface area contributed by atoms with Gasteiger partial charge in [0, 0.05) is 25.8 Å². The monoisotopic (exact) mass is 410 g/mol. The van der Waals surface area contributed by atoms with Gasteiger partial charge in [-0.15, -0.1) is 0 Å². The second-order valence-corrected chi connectivity index (χ2v) is 7.74. The number of rotatable bonds is 6. The molecule has 3 rings (SSSR count). The first kappa shape index (κ1) is 21.8. The van der Waals surface area contributed by atoms with Crippen LogP contribution >= 0.6 is 0 Å². The van der Waals surface area contributed by atoms with Crippen molar-refractivity contribution in [3.05, 3.63) is 66.2 Å². The molecule has 2 amide bonds. The van der Waals surface area contributed by atoms with Crippen LogP contribution in [0.3, 0.4) is 0 Å². The lowest BCUT2D eigenvalue weighted by atomic mass is 9.87. The molecule has 30 heavy (non-hydrogen) atoms. The Kier molecular flexibility index (Phi) is 7.11. The Bertz CT molecular complexity index is 843. The maximum atomic E-state index is 12.9. The van der Waals surface area contributed by atoms with Crippen molar-refractivity contribution in [2.45, 2.75) is 44.9 Å². The van der Waals surface area contributed by atoms with E-state index in [0.717, 1.165) is 11.3 Å². The van der Waals surface area contributed by atoms with E-state index in [4.69, 9.17) is 9.47 Å². The number of piperidine rings is 1. The molecule has 1 aliphatic rings. The molecule has 6 heteroatoms. The summed E-state index contributed by atoms with van der Waals surface area (Å²) in [6.07, 6.45) is 0.632. The number of hydrogen-bond donors (Lipinski definition) is 0. The van der Waals surface area contributed by atoms with Gasteiger partial charge in [0.15, 0.2) is 0 Å². The summed E-state index contributed by atoms with van der Waals surface area (Å²) in [6.45, 7) is 4.89. The fraction of sp³-hybridized carbons (Fsp3) is 0.417. The summed E-state index contributed by atoms with van der Waals surface area (Å²) in [5.41, 5.74) is 1.07. The highest BCUT2D eigenvalue weighted by atomic mass is 16.6. The molecule has 1 aliphatic heterocycles. The van der Waals surface area contributed by atoms with E-state index in [2.05, 4.69) is 0 Å². The molecular formula is C24H30N2O4. The van der Waals surface area contributed by atoms with Gasteiger partial charge < -0.3 is 19.3 Å². The minimum Gasteiger partial charge on any atom is -0.445 e. The largest absolute Gasteiger partial charge is 0.445 e. The molecule has 2 aromatic carbocycles. The summed E-state index contributed by atoms with van der Waals surface area (Å²) in [5.74, 6) is 0.0366. The van der Waals surface area contributed by atoms with Crippen LogP contribution in [0.2, 0.25) is 0 Å². The van der Waals surface area contributed by atoms with Crippen molar-refractivity contribution in [1.29, 1.82) is 0 Å². The summed E-state index contributed by atoms with van der Waals surface area (Å²) >= 11 is 0. The SMILES string of the molecule is CCC(=O)N(c1ccccc1)[C@@H]1CCN(C(=O)OCc2ccccc2)C[C@]1(C)OC. The van der Waals surface area contributed by atoms with Crippen molar-refractivity contribution in [2.75, 3.05) is 25.1 Å². The molecule has 0 aliphatic carbocycles. The maximum absolute atomic E-state index is 12.9. The van der Waals surface area contributed by atoms with Gasteiger partial charge in [-0.25, -0.2) is 4.79 Å². The van der Waals surface area contributed by atoms with Crippen LogP contribution in [0.5, 0.6) is 0 Å². The molecule has 2 atom stereocenters. The highest BCUT2D eigenvalue weighted by molar-refractivity contribution is 5.94. The molecule has 1 saturated heterocycles. The molecular weight excluding hydrogens is 380 g/mol. The van der Waals surface area contributed by atoms with E-state index in [1.807, 2.05) is 79.4 Å². The Morgan fingerprint density at radius 1 is 1.10 bits per heavy atom. The standard InChI is InChI=1S/C24H30N2O4/c1-4-22(27)26(20-13-9-6-10-14-20)21-15-16-25(18-24(21,2)29-3)23(28)30-17-19-11-7-5-8-12-19/h5-14,21H,4,15-18H2,1-3H3/t21-,24+/m1/s1. The molecule has 0 saturated carbocycles. The second kappa shape index (κ2) is 9.76. The summed E-state index contributed by atoms with van der Waals surface area (Å²) in [5, 5.41) is 0. The Hall–Kier alpha value is -2.86. The third kappa shape index (κ3) is 4.82. The van der Waals surface area contributed by atoms with E-state index >= 15 is 0 Å². The zero-order valence-electron chi connectivity index (χ0n) is 17.9. The van der Waals surface area contributed by atoms with E-state index in [0.29, 0.717) is 25.9 Å². The number of carbonyl (C=O) groups is 2. The molecule has 0 N–H and O–H groups in total. The quantitative estimate of drug-likeness (QED) is 0.715. The van der Waals surface area contributed by atoms with Crippen molar-refractivity contribution in [3.63, 3.8) is 0 Å². The van der Waals surface area contributed by atoms with Gasteiger partial charge in [0.25, 0.3) is 0 Å². The predicted molar refractivity (Wildman–Crippen MR) is 116 cm³/mol. The third-order valence-electron chi connectivity index (χ3n) is 5.73. The number of carbonyl (C=O) groups excluding carboxylic acids is 2. The molecule has 2 aromatic rings. The molecule has 0 aromatic heterocycles. The Labute approximate surface area is 178 Å². The van der Waals surface area contributed by atoms with Crippen LogP contribution in [0.15, 0.2) is 60.7 Å². The topological polar surface area (TPSA) is 59.1 Å². The zero-order valence-corrected chi connectivity index (χ0v) is 17.9. The van der Waals surface area contributed by atoms with Crippen LogP contribution in [0, 0.1) is 0 Å². The highest BCUT2D eigenvalue weighted by Crippen LogP contribution is 2.33. The van der Waals surface area contributed by atoms with Crippen LogP contribution in [-0.2, 0) is 20.9 Å². The zero-order chi connectivity index (χ0) is 21.6. The van der Waals surface area contributed by atoms with E-state index in [1.54, 1.807) is 12.0 Å². The predicted octanol–water partition coefficient (Wildman–Crippen LogP) is 4.25. The molecule has 0 bridgehead atoms. The molecule has 0 unspecified atom stereocenters. The van der Waals surface area contributed by atoms with Crippen molar-refractivity contribution < 1.29 is 19.1 Å². The lowest BCUT2D eigenvalue weighted by molar-refractivity contribution is -0.122. The van der Waals surface area contributed by atoms with Gasteiger partial charge in [0.05, 0.1) is 12.6 Å². The van der Waals surface area contributed by atoms with Crippen molar-refractivity contribution in [3.8, 4) is 0 Å². The number of methoxy groups -OCH3 is 1. The van der Waals surface area contributed by atoms with E-state index in [1.165, 1.54) is 0 Å². The molecule has 1 fully saturated rings. The Morgan fingerprint density at radius 2 is 1.73 bits per heavy atom. The average molecular weight is 411 g/mol. The van der Waals surface area contributed by atoms with Gasteiger partial charge in [-0.3, -0.25) is 4.79 Å². The summed E-state index contributed by atoms with van der Waals surface area (Å²) < 4.78 is 11.4. The van der Waals surface area contributed by atoms with Gasteiger partial charge in [0.1, 0.15) is 12.2 Å². The number of benzene rings is 2. The fourth-order valence-electron chi connectivity index (χ4n) is 3.97. The number of ether oxygens (including phenoxy) is 2. The van der Waals surface area contributed by atoms with E-state index in [-0.39, 0.29) is 24.6 Å². The number of hydrogen-bond acceptors (Lipinski definition) is 4. The average Bonchev–Trinajstić information content (AvgIpc) is 2.80. The van der Waals surface area contributed by atoms with Gasteiger partial charge in [-0.2, -0.15) is 0 Å². The molecule has 6 nitrogen and oxygen atoms in total. The van der Waals surface area contributed by atoms with Crippen LogP contribution in [0.1, 0.15) is 32.3 Å². The summed E-state index contributed by atoms with van der Waals surface area (Å²) in [6, 6.07) is 19.1. The lowest BCUT2D eigenvalue weighted by Crippen LogP contribution is -2.64. The van der Waals surface area contributed by atoms with Crippen LogP contribution < -0.4 is 4.90 Å². The maximum Gasteiger partial charge on any atom is 0.410 e. The highest BCUT2D eigenvalue weighted by Gasteiger charge is 2.46. The summed E-state index contributed by atoms with van der Waals surface area (Å²) in [7, 11) is 1.63. The first-order valence-electron chi connectivity index (χ1n) is 10.4. The minimum absolute atomic E-state index is 0.0366. The van der Waals surface area contributed by atoms with Gasteiger partial charge in [-0.05, 0) is 31.0 Å². The number of likely N-dealkylation sites (tertiary alicyclic amines) is 1. The lowest BCUT2D eigenvalue weighted by Gasteiger charge is -2.49. The van der Waals surface area contributed by atoms with Crippen LogP contribution in [-0.4, -0.2) is 48.7 Å².